The Balaban J connectivity index is 3.48. The maximum atomic E-state index is 13.1. The van der Waals surface area contributed by atoms with Gasteiger partial charge in [-0.15, -0.1) is 4.39 Å². The normalized spacial score (nSPS) is 10.9. The highest BCUT2D eigenvalue weighted by molar-refractivity contribution is 5.81. The van der Waals surface area contributed by atoms with Gasteiger partial charge in [0, 0.05) is 20.2 Å². The summed E-state index contributed by atoms with van der Waals surface area (Å²) in [6.07, 6.45) is 1.71. The molecule has 3 N–H and O–H groups in total. The molecule has 0 spiro atoms. The molecule has 0 radical (unpaired) electrons. The Morgan fingerprint density at radius 2 is 1.32 bits per heavy atom. The zero-order valence-corrected chi connectivity index (χ0v) is 18.8. The van der Waals surface area contributed by atoms with Gasteiger partial charge in [-0.25, -0.2) is 4.79 Å². The fourth-order valence-electron chi connectivity index (χ4n) is 2.43. The minimum absolute atomic E-state index is 0.214. The van der Waals surface area contributed by atoms with Crippen LogP contribution in [0.2, 0.25) is 0 Å². The molecule has 11 heteroatoms. The number of unbranched alkanes of at least 4 members (excludes halogenated alkanes) is 3. The number of amides is 2. The summed E-state index contributed by atoms with van der Waals surface area (Å²) in [6.45, 7) is 4.97. The topological polar surface area (TPSA) is 122 Å². The van der Waals surface area contributed by atoms with Crippen LogP contribution in [0.1, 0.15) is 25.7 Å². The van der Waals surface area contributed by atoms with Crippen molar-refractivity contribution in [3.05, 3.63) is 0 Å². The molecule has 0 fully saturated rings. The highest BCUT2D eigenvalue weighted by Gasteiger charge is 2.15. The number of rotatable bonds is 23. The largest absolute Gasteiger partial charge is 0.400 e. The van der Waals surface area contributed by atoms with Gasteiger partial charge in [0.05, 0.1) is 59.5 Å². The van der Waals surface area contributed by atoms with Crippen LogP contribution in [0.25, 0.3) is 0 Å². The Kier molecular flexibility index (Phi) is 22.3. The maximum absolute atomic E-state index is 13.1. The Morgan fingerprint density at radius 1 is 0.806 bits per heavy atom. The van der Waals surface area contributed by atoms with Gasteiger partial charge in [-0.2, -0.15) is 0 Å². The molecule has 0 aliphatic heterocycles. The Bertz CT molecular complexity index is 434. The minimum Gasteiger partial charge on any atom is -0.382 e. The van der Waals surface area contributed by atoms with E-state index < -0.39 is 12.1 Å². The zero-order chi connectivity index (χ0) is 23.0. The smallest absolute Gasteiger partial charge is 0.382 e. The van der Waals surface area contributed by atoms with E-state index in [-0.39, 0.29) is 19.6 Å². The molecule has 31 heavy (non-hydrogen) atoms. The second-order valence-corrected chi connectivity index (χ2v) is 6.67. The van der Waals surface area contributed by atoms with Crippen molar-refractivity contribution >= 4 is 12.1 Å². The van der Waals surface area contributed by atoms with Crippen molar-refractivity contribution in [1.29, 1.82) is 0 Å². The molecular formula is C20H40FN3O7. The summed E-state index contributed by atoms with van der Waals surface area (Å²) in [5.41, 5.74) is 5.41. The fourth-order valence-corrected chi connectivity index (χ4v) is 2.43. The van der Waals surface area contributed by atoms with E-state index in [1.165, 1.54) is 0 Å². The lowest BCUT2D eigenvalue weighted by atomic mass is 10.2. The van der Waals surface area contributed by atoms with Gasteiger partial charge >= 0.3 is 6.16 Å². The van der Waals surface area contributed by atoms with E-state index in [4.69, 9.17) is 29.4 Å². The molecule has 2 amide bonds. The van der Waals surface area contributed by atoms with Gasteiger partial charge in [0.15, 0.2) is 0 Å². The van der Waals surface area contributed by atoms with Crippen LogP contribution in [0.5, 0.6) is 0 Å². The van der Waals surface area contributed by atoms with Gasteiger partial charge in [0.25, 0.3) is 0 Å². The van der Waals surface area contributed by atoms with E-state index >= 15 is 0 Å². The van der Waals surface area contributed by atoms with E-state index in [0.717, 1.165) is 24.2 Å². The van der Waals surface area contributed by atoms with Crippen LogP contribution in [0.3, 0.4) is 0 Å². The van der Waals surface area contributed by atoms with Gasteiger partial charge in [0.1, 0.15) is 6.54 Å². The molecule has 10 nitrogen and oxygen atoms in total. The van der Waals surface area contributed by atoms with Crippen LogP contribution >= 0.6 is 0 Å². The number of ether oxygens (including phenoxy) is 5. The summed E-state index contributed by atoms with van der Waals surface area (Å²) in [5, 5.41) is 2.60. The number of carbonyl (C=O) groups is 2. The van der Waals surface area contributed by atoms with Crippen LogP contribution in [-0.2, 0) is 28.5 Å². The number of nitrogens with one attached hydrogen (secondary N) is 1. The summed E-state index contributed by atoms with van der Waals surface area (Å²) in [5.74, 6) is -0.420. The highest BCUT2D eigenvalue weighted by atomic mass is 19.1. The predicted molar refractivity (Wildman–Crippen MR) is 114 cm³/mol. The average Bonchev–Trinajstić information content (AvgIpc) is 2.75. The van der Waals surface area contributed by atoms with Crippen LogP contribution in [0.15, 0.2) is 0 Å². The Labute approximate surface area is 184 Å². The lowest BCUT2D eigenvalue weighted by Gasteiger charge is -2.18. The van der Waals surface area contributed by atoms with E-state index in [1.54, 1.807) is 7.11 Å². The molecule has 0 aliphatic rings. The summed E-state index contributed by atoms with van der Waals surface area (Å²) in [6, 6.07) is 0. The van der Waals surface area contributed by atoms with Crippen molar-refractivity contribution in [2.24, 2.45) is 5.73 Å². The molecule has 0 unspecified atom stereocenters. The van der Waals surface area contributed by atoms with E-state index in [1.807, 2.05) is 0 Å². The molecule has 0 aromatic heterocycles. The second-order valence-electron chi connectivity index (χ2n) is 6.67. The van der Waals surface area contributed by atoms with E-state index in [0.29, 0.717) is 72.4 Å². The minimum atomic E-state index is -1.59. The average molecular weight is 454 g/mol. The molecule has 0 saturated carbocycles. The molecule has 0 aromatic carbocycles. The molecule has 0 saturated heterocycles. The van der Waals surface area contributed by atoms with Gasteiger partial charge < -0.3 is 39.6 Å². The lowest BCUT2D eigenvalue weighted by molar-refractivity contribution is -0.122. The van der Waals surface area contributed by atoms with Crippen LogP contribution in [0, 0.1) is 0 Å². The molecular weight excluding hydrogens is 413 g/mol. The van der Waals surface area contributed by atoms with E-state index in [2.05, 4.69) is 5.32 Å². The third kappa shape index (κ3) is 21.6. The summed E-state index contributed by atoms with van der Waals surface area (Å²) < 4.78 is 39.2. The molecule has 0 atom stereocenters. The van der Waals surface area contributed by atoms with Gasteiger partial charge in [-0.3, -0.25) is 4.79 Å². The lowest BCUT2D eigenvalue weighted by Crippen LogP contribution is -2.40. The summed E-state index contributed by atoms with van der Waals surface area (Å²) in [7, 11) is 1.62. The van der Waals surface area contributed by atoms with Crippen molar-refractivity contribution < 1.29 is 37.7 Å². The summed E-state index contributed by atoms with van der Waals surface area (Å²) >= 11 is 0. The zero-order valence-electron chi connectivity index (χ0n) is 18.8. The number of hydrogen-bond acceptors (Lipinski definition) is 8. The van der Waals surface area contributed by atoms with Crippen molar-refractivity contribution in [2.45, 2.75) is 25.7 Å². The quantitative estimate of drug-likeness (QED) is 0.132. The first-order chi connectivity index (χ1) is 15.1. The molecule has 0 bridgehead atoms. The van der Waals surface area contributed by atoms with Crippen molar-refractivity contribution in [3.63, 3.8) is 0 Å². The van der Waals surface area contributed by atoms with E-state index in [9.17, 15) is 14.0 Å². The Hall–Kier alpha value is -1.37. The van der Waals surface area contributed by atoms with Gasteiger partial charge in [0.2, 0.25) is 5.91 Å². The molecule has 184 valence electrons. The highest BCUT2D eigenvalue weighted by Crippen LogP contribution is 2.03. The monoisotopic (exact) mass is 453 g/mol. The van der Waals surface area contributed by atoms with Crippen molar-refractivity contribution in [2.75, 3.05) is 92.8 Å². The first kappa shape index (κ1) is 29.6. The number of carbonyl (C=O) groups excluding carboxylic acids is 2. The Morgan fingerprint density at radius 3 is 1.84 bits per heavy atom. The number of halogens is 1. The van der Waals surface area contributed by atoms with Gasteiger partial charge in [-0.05, 0) is 19.4 Å². The van der Waals surface area contributed by atoms with Gasteiger partial charge in [-0.1, -0.05) is 12.8 Å². The first-order valence-corrected chi connectivity index (χ1v) is 10.8. The number of nitrogens with two attached hydrogens (primary N) is 1. The standard InChI is InChI=1S/C20H40FN3O7/c1-27-10-11-29-14-15-31-17-16-30-13-12-28-9-7-23-19(25)18-24(20(21)26)8-5-3-2-4-6-22/h2-18,22H2,1H3,(H,23,25). The number of hydrogen-bond donors (Lipinski definition) is 2. The van der Waals surface area contributed by atoms with Crippen LogP contribution in [0.4, 0.5) is 9.18 Å². The van der Waals surface area contributed by atoms with Crippen molar-refractivity contribution in [3.8, 4) is 0 Å². The molecule has 0 aliphatic carbocycles. The van der Waals surface area contributed by atoms with Crippen molar-refractivity contribution in [1.82, 2.24) is 10.2 Å². The number of nitrogens with zero attached hydrogens (tertiary/aromatic N) is 1. The summed E-state index contributed by atoms with van der Waals surface area (Å²) in [4.78, 5) is 23.7. The first-order valence-electron chi connectivity index (χ1n) is 10.8. The fraction of sp³-hybridized carbons (Fsp3) is 0.900. The molecule has 0 aromatic rings. The van der Waals surface area contributed by atoms with Crippen LogP contribution < -0.4 is 11.1 Å². The third-order valence-electron chi connectivity index (χ3n) is 4.08. The molecule has 0 heterocycles. The number of methoxy groups -OCH3 is 1. The SMILES string of the molecule is COCCOCCOCCOCCOCCNC(=O)CN(CCCCCCN)C(=O)F. The molecule has 0 rings (SSSR count). The predicted octanol–water partition coefficient (Wildman–Crippen LogP) is 0.726. The third-order valence-corrected chi connectivity index (χ3v) is 4.08. The second kappa shape index (κ2) is 23.3. The van der Waals surface area contributed by atoms with Crippen LogP contribution in [-0.4, -0.2) is 110 Å². The maximum Gasteiger partial charge on any atom is 0.400 e.